The number of aromatic amines is 1. The van der Waals surface area contributed by atoms with Gasteiger partial charge < -0.3 is 9.72 Å². The molecule has 4 rings (SSSR count). The molecule has 3 aromatic heterocycles. The molecule has 5 nitrogen and oxygen atoms in total. The van der Waals surface area contributed by atoms with Crippen LogP contribution in [0.25, 0.3) is 22.2 Å². The first kappa shape index (κ1) is 21.4. The molecule has 1 saturated carbocycles. The zero-order valence-electron chi connectivity index (χ0n) is 16.3. The lowest BCUT2D eigenvalue weighted by Crippen LogP contribution is -2.32. The van der Waals surface area contributed by atoms with E-state index >= 15 is 0 Å². The average molecular weight is 444 g/mol. The number of hydrogen-bond donors (Lipinski definition) is 1. The van der Waals surface area contributed by atoms with Gasteiger partial charge in [0.05, 0.1) is 11.6 Å². The maximum absolute atomic E-state index is 13.5. The molecule has 0 aromatic carbocycles. The van der Waals surface area contributed by atoms with E-state index in [1.165, 1.54) is 18.3 Å². The van der Waals surface area contributed by atoms with E-state index in [4.69, 9.17) is 4.74 Å². The number of fused-ring (bicyclic) bond motifs is 1. The van der Waals surface area contributed by atoms with E-state index in [1.54, 1.807) is 6.92 Å². The van der Waals surface area contributed by atoms with Crippen LogP contribution in [0.5, 0.6) is 5.88 Å². The van der Waals surface area contributed by atoms with Crippen LogP contribution in [-0.4, -0.2) is 32.2 Å². The molecule has 0 amide bonds. The summed E-state index contributed by atoms with van der Waals surface area (Å²) < 4.78 is 84.7. The zero-order valence-corrected chi connectivity index (χ0v) is 16.3. The summed E-state index contributed by atoms with van der Waals surface area (Å²) in [7, 11) is 0. The van der Waals surface area contributed by atoms with Crippen LogP contribution in [0.1, 0.15) is 37.2 Å². The summed E-state index contributed by atoms with van der Waals surface area (Å²) in [5.74, 6) is -0.956. The molecular weight excluding hydrogens is 426 g/mol. The highest BCUT2D eigenvalue weighted by atomic mass is 19.4. The quantitative estimate of drug-likeness (QED) is 0.515. The Kier molecular flexibility index (Phi) is 5.30. The first-order chi connectivity index (χ1) is 14.5. The van der Waals surface area contributed by atoms with Gasteiger partial charge in [0.25, 0.3) is 0 Å². The number of ether oxygens (including phenoxy) is 1. The highest BCUT2D eigenvalue weighted by Crippen LogP contribution is 2.40. The van der Waals surface area contributed by atoms with Gasteiger partial charge in [0, 0.05) is 34.9 Å². The van der Waals surface area contributed by atoms with Crippen molar-refractivity contribution in [1.82, 2.24) is 19.9 Å². The number of alkyl halides is 6. The number of hydrogen-bond acceptors (Lipinski definition) is 4. The summed E-state index contributed by atoms with van der Waals surface area (Å²) >= 11 is 0. The second-order valence-corrected chi connectivity index (χ2v) is 7.55. The Labute approximate surface area is 172 Å². The Morgan fingerprint density at radius 3 is 2.39 bits per heavy atom. The fraction of sp³-hybridized carbons (Fsp3) is 0.450. The van der Waals surface area contributed by atoms with Crippen LogP contribution in [0.4, 0.5) is 26.3 Å². The van der Waals surface area contributed by atoms with Gasteiger partial charge in [-0.25, -0.2) is 4.98 Å². The molecule has 1 N–H and O–H groups in total. The number of rotatable bonds is 3. The maximum atomic E-state index is 13.5. The van der Waals surface area contributed by atoms with Crippen molar-refractivity contribution in [3.63, 3.8) is 0 Å². The van der Waals surface area contributed by atoms with Gasteiger partial charge >= 0.3 is 12.4 Å². The third-order valence-electron chi connectivity index (χ3n) is 5.38. The first-order valence-corrected chi connectivity index (χ1v) is 9.65. The SMILES string of the molecule is Cc1nc(OC2CCC(C(F)(F)F)CC2)cc(-c2c[nH]c3ccnc(C(F)(F)F)c23)n1. The molecule has 0 spiro atoms. The van der Waals surface area contributed by atoms with E-state index in [-0.39, 0.29) is 59.5 Å². The minimum atomic E-state index is -4.66. The molecular formula is C20H18F6N4O. The van der Waals surface area contributed by atoms with Gasteiger partial charge in [-0.3, -0.25) is 4.98 Å². The van der Waals surface area contributed by atoms with Gasteiger partial charge in [-0.2, -0.15) is 31.3 Å². The molecule has 0 unspecified atom stereocenters. The second kappa shape index (κ2) is 7.69. The van der Waals surface area contributed by atoms with Crippen molar-refractivity contribution in [2.75, 3.05) is 0 Å². The fourth-order valence-electron chi connectivity index (χ4n) is 3.91. The van der Waals surface area contributed by atoms with Gasteiger partial charge in [-0.15, -0.1) is 0 Å². The average Bonchev–Trinajstić information content (AvgIpc) is 3.10. The molecule has 0 bridgehead atoms. The van der Waals surface area contributed by atoms with Crippen molar-refractivity contribution in [3.8, 4) is 17.1 Å². The molecule has 1 fully saturated rings. The van der Waals surface area contributed by atoms with Gasteiger partial charge in [-0.1, -0.05) is 0 Å². The number of halogens is 6. The minimum absolute atomic E-state index is 0.0336. The van der Waals surface area contributed by atoms with Crippen molar-refractivity contribution in [3.05, 3.63) is 36.0 Å². The number of aromatic nitrogens is 4. The predicted octanol–water partition coefficient (Wildman–Crippen LogP) is 5.85. The van der Waals surface area contributed by atoms with E-state index in [0.717, 1.165) is 6.20 Å². The number of aryl methyl sites for hydroxylation is 1. The molecule has 0 saturated heterocycles. The van der Waals surface area contributed by atoms with Crippen molar-refractivity contribution in [2.45, 2.75) is 51.1 Å². The van der Waals surface area contributed by atoms with Crippen LogP contribution in [0.2, 0.25) is 0 Å². The Bertz CT molecular complexity index is 1080. The third-order valence-corrected chi connectivity index (χ3v) is 5.38. The van der Waals surface area contributed by atoms with Crippen LogP contribution >= 0.6 is 0 Å². The summed E-state index contributed by atoms with van der Waals surface area (Å²) in [4.78, 5) is 14.7. The maximum Gasteiger partial charge on any atom is 0.434 e. The number of pyridine rings is 1. The molecule has 0 radical (unpaired) electrons. The van der Waals surface area contributed by atoms with Crippen molar-refractivity contribution >= 4 is 10.9 Å². The highest BCUT2D eigenvalue weighted by molar-refractivity contribution is 5.96. The lowest BCUT2D eigenvalue weighted by molar-refractivity contribution is -0.185. The monoisotopic (exact) mass is 444 g/mol. The smallest absolute Gasteiger partial charge is 0.434 e. The van der Waals surface area contributed by atoms with Crippen LogP contribution in [-0.2, 0) is 6.18 Å². The van der Waals surface area contributed by atoms with E-state index < -0.39 is 30.1 Å². The van der Waals surface area contributed by atoms with Crippen molar-refractivity contribution < 1.29 is 31.1 Å². The predicted molar refractivity (Wildman–Crippen MR) is 99.3 cm³/mol. The standard InChI is InChI=1S/C20H18F6N4O/c1-10-29-15(13-9-28-14-6-7-27-18(17(13)14)20(24,25)26)8-16(30-10)31-12-4-2-11(3-5-12)19(21,22)23/h6-9,11-12,28H,2-5H2,1H3. The van der Waals surface area contributed by atoms with Crippen LogP contribution in [0.3, 0.4) is 0 Å². The molecule has 1 aliphatic carbocycles. The Balaban J connectivity index is 1.63. The molecule has 166 valence electrons. The lowest BCUT2D eigenvalue weighted by Gasteiger charge is -2.29. The minimum Gasteiger partial charge on any atom is -0.474 e. The van der Waals surface area contributed by atoms with E-state index in [1.807, 2.05) is 0 Å². The summed E-state index contributed by atoms with van der Waals surface area (Å²) in [6.07, 6.45) is -6.48. The molecule has 1 aliphatic rings. The normalized spacial score (nSPS) is 20.2. The van der Waals surface area contributed by atoms with Crippen LogP contribution < -0.4 is 4.74 Å². The summed E-state index contributed by atoms with van der Waals surface area (Å²) in [5, 5.41) is -0.121. The van der Waals surface area contributed by atoms with E-state index in [2.05, 4.69) is 19.9 Å². The third kappa shape index (κ3) is 4.45. The summed E-state index contributed by atoms with van der Waals surface area (Å²) in [5.41, 5.74) is -0.394. The van der Waals surface area contributed by atoms with Gasteiger partial charge in [0.1, 0.15) is 11.9 Å². The molecule has 31 heavy (non-hydrogen) atoms. The number of nitrogens with zero attached hydrogens (tertiary/aromatic N) is 3. The lowest BCUT2D eigenvalue weighted by atomic mass is 9.87. The Morgan fingerprint density at radius 2 is 1.74 bits per heavy atom. The number of nitrogens with one attached hydrogen (secondary N) is 1. The van der Waals surface area contributed by atoms with Gasteiger partial charge in [0.2, 0.25) is 5.88 Å². The number of H-pyrrole nitrogens is 1. The van der Waals surface area contributed by atoms with Crippen molar-refractivity contribution in [2.24, 2.45) is 5.92 Å². The van der Waals surface area contributed by atoms with Crippen LogP contribution in [0, 0.1) is 12.8 Å². The van der Waals surface area contributed by atoms with E-state index in [0.29, 0.717) is 0 Å². The van der Waals surface area contributed by atoms with Crippen LogP contribution in [0.15, 0.2) is 24.5 Å². The zero-order chi connectivity index (χ0) is 22.4. The largest absolute Gasteiger partial charge is 0.474 e. The molecule has 0 aliphatic heterocycles. The van der Waals surface area contributed by atoms with Gasteiger partial charge in [-0.05, 0) is 38.7 Å². The first-order valence-electron chi connectivity index (χ1n) is 9.65. The van der Waals surface area contributed by atoms with Crippen molar-refractivity contribution in [1.29, 1.82) is 0 Å². The second-order valence-electron chi connectivity index (χ2n) is 7.55. The summed E-state index contributed by atoms with van der Waals surface area (Å²) in [6.45, 7) is 1.56. The Morgan fingerprint density at radius 1 is 1.03 bits per heavy atom. The summed E-state index contributed by atoms with van der Waals surface area (Å²) in [6, 6.07) is 2.83. The molecule has 3 aromatic rings. The topological polar surface area (TPSA) is 63.7 Å². The highest BCUT2D eigenvalue weighted by Gasteiger charge is 2.42. The molecule has 3 heterocycles. The molecule has 0 atom stereocenters. The van der Waals surface area contributed by atoms with E-state index in [9.17, 15) is 26.3 Å². The fourth-order valence-corrected chi connectivity index (χ4v) is 3.91. The van der Waals surface area contributed by atoms with Gasteiger partial charge in [0.15, 0.2) is 5.69 Å². The molecule has 11 heteroatoms. The Hall–Kier alpha value is -2.85.